The number of hydrogen-bond acceptors (Lipinski definition) is 7. The zero-order valence-corrected chi connectivity index (χ0v) is 16.0. The summed E-state index contributed by atoms with van der Waals surface area (Å²) in [4.78, 5) is 32.3. The minimum Gasteiger partial charge on any atom is -0.450 e. The van der Waals surface area contributed by atoms with E-state index in [1.54, 1.807) is 49.5 Å². The third-order valence-corrected chi connectivity index (χ3v) is 5.59. The molecule has 5 rings (SSSR count). The summed E-state index contributed by atoms with van der Waals surface area (Å²) in [6.07, 6.45) is 1.61. The van der Waals surface area contributed by atoms with Crippen LogP contribution in [0.2, 0.25) is 5.02 Å². The van der Waals surface area contributed by atoms with Gasteiger partial charge in [-0.2, -0.15) is 0 Å². The van der Waals surface area contributed by atoms with Crippen LogP contribution >= 0.6 is 22.9 Å². The van der Waals surface area contributed by atoms with E-state index >= 15 is 0 Å². The number of aryl methyl sites for hydroxylation is 1. The highest BCUT2D eigenvalue weighted by atomic mass is 35.5. The van der Waals surface area contributed by atoms with Crippen LogP contribution in [0.1, 0.15) is 32.9 Å². The van der Waals surface area contributed by atoms with Gasteiger partial charge in [0.05, 0.1) is 16.6 Å². The van der Waals surface area contributed by atoms with Crippen LogP contribution in [0.15, 0.2) is 51.8 Å². The number of benzene rings is 1. The summed E-state index contributed by atoms with van der Waals surface area (Å²) in [6.45, 7) is 1.80. The number of nitrogens with zero attached hydrogens (tertiary/aromatic N) is 4. The fraction of sp³-hybridized carbons (Fsp3) is 0.105. The van der Waals surface area contributed by atoms with E-state index in [2.05, 4.69) is 15.2 Å². The largest absolute Gasteiger partial charge is 0.450 e. The van der Waals surface area contributed by atoms with Crippen molar-refractivity contribution in [2.45, 2.75) is 13.0 Å². The quantitative estimate of drug-likeness (QED) is 0.500. The second-order valence-corrected chi connectivity index (χ2v) is 7.85. The number of hydrogen-bond donors (Lipinski definition) is 0. The van der Waals surface area contributed by atoms with Gasteiger partial charge in [-0.1, -0.05) is 29.0 Å². The van der Waals surface area contributed by atoms with Gasteiger partial charge in [0.25, 0.3) is 5.91 Å². The van der Waals surface area contributed by atoms with Gasteiger partial charge >= 0.3 is 0 Å². The lowest BCUT2D eigenvalue weighted by atomic mass is 10.0. The number of fused-ring (bicyclic) bond motifs is 2. The lowest BCUT2D eigenvalue weighted by Crippen LogP contribution is -2.30. The molecule has 138 valence electrons. The van der Waals surface area contributed by atoms with Gasteiger partial charge in [-0.25, -0.2) is 0 Å². The van der Waals surface area contributed by atoms with Crippen molar-refractivity contribution in [2.75, 3.05) is 4.90 Å². The lowest BCUT2D eigenvalue weighted by molar-refractivity contribution is 0.0970. The zero-order valence-electron chi connectivity index (χ0n) is 14.4. The third-order valence-electron chi connectivity index (χ3n) is 4.52. The topological polar surface area (TPSA) is 89.2 Å². The molecule has 4 aromatic rings. The molecule has 0 spiro atoms. The van der Waals surface area contributed by atoms with E-state index in [1.165, 1.54) is 16.2 Å². The summed E-state index contributed by atoms with van der Waals surface area (Å²) >= 11 is 7.32. The summed E-state index contributed by atoms with van der Waals surface area (Å²) < 4.78 is 5.84. The van der Waals surface area contributed by atoms with E-state index in [9.17, 15) is 9.59 Å². The molecule has 7 nitrogen and oxygen atoms in total. The van der Waals surface area contributed by atoms with Crippen LogP contribution in [0.5, 0.6) is 0 Å². The molecule has 1 unspecified atom stereocenters. The summed E-state index contributed by atoms with van der Waals surface area (Å²) in [5, 5.41) is 9.92. The van der Waals surface area contributed by atoms with Crippen LogP contribution in [-0.2, 0) is 0 Å². The number of halogens is 1. The van der Waals surface area contributed by atoms with Crippen molar-refractivity contribution in [3.05, 3.63) is 79.9 Å². The lowest BCUT2D eigenvalue weighted by Gasteiger charge is -2.20. The van der Waals surface area contributed by atoms with Crippen LogP contribution in [0.25, 0.3) is 11.0 Å². The molecule has 0 bridgehead atoms. The maximum Gasteiger partial charge on any atom is 0.297 e. The Morgan fingerprint density at radius 3 is 2.75 bits per heavy atom. The summed E-state index contributed by atoms with van der Waals surface area (Å²) in [7, 11) is 0. The van der Waals surface area contributed by atoms with Crippen LogP contribution in [0.4, 0.5) is 5.13 Å². The first kappa shape index (κ1) is 17.0. The van der Waals surface area contributed by atoms with Gasteiger partial charge < -0.3 is 4.42 Å². The molecule has 9 heteroatoms. The highest BCUT2D eigenvalue weighted by molar-refractivity contribution is 7.15. The van der Waals surface area contributed by atoms with Gasteiger partial charge in [0.15, 0.2) is 5.43 Å². The maximum absolute atomic E-state index is 13.3. The molecule has 3 aromatic heterocycles. The first-order valence-electron chi connectivity index (χ1n) is 8.35. The van der Waals surface area contributed by atoms with E-state index in [0.717, 1.165) is 0 Å². The molecule has 0 aliphatic carbocycles. The van der Waals surface area contributed by atoms with Crippen molar-refractivity contribution in [1.82, 2.24) is 15.2 Å². The molecule has 1 aliphatic rings. The number of anilines is 1. The van der Waals surface area contributed by atoms with Gasteiger partial charge in [0.1, 0.15) is 16.6 Å². The van der Waals surface area contributed by atoms with Gasteiger partial charge in [-0.3, -0.25) is 19.5 Å². The van der Waals surface area contributed by atoms with E-state index < -0.39 is 11.9 Å². The standard InChI is InChI=1S/C19H11ClN4O3S/c1-9-22-23-19(28-9)24-15(12-4-2-3-7-21-12)14-16(25)11-8-10(20)5-6-13(11)27-17(14)18(24)26/h2-8,15H,1H3. The summed E-state index contributed by atoms with van der Waals surface area (Å²) in [6, 6.07) is 9.31. The molecule has 0 saturated heterocycles. The average Bonchev–Trinajstić information content (AvgIpc) is 3.24. The molecule has 1 aliphatic heterocycles. The van der Waals surface area contributed by atoms with E-state index in [0.29, 0.717) is 31.8 Å². The van der Waals surface area contributed by atoms with Crippen molar-refractivity contribution in [3.8, 4) is 0 Å². The van der Waals surface area contributed by atoms with Crippen molar-refractivity contribution < 1.29 is 9.21 Å². The molecule has 28 heavy (non-hydrogen) atoms. The molecule has 1 aromatic carbocycles. The fourth-order valence-electron chi connectivity index (χ4n) is 3.34. The molecule has 0 fully saturated rings. The van der Waals surface area contributed by atoms with Crippen LogP contribution in [0, 0.1) is 6.92 Å². The maximum atomic E-state index is 13.3. The number of pyridine rings is 1. The smallest absolute Gasteiger partial charge is 0.297 e. The Balaban J connectivity index is 1.84. The minimum atomic E-state index is -0.754. The first-order valence-corrected chi connectivity index (χ1v) is 9.55. The number of carbonyl (C=O) groups excluding carboxylic acids is 1. The van der Waals surface area contributed by atoms with Crippen molar-refractivity contribution in [3.63, 3.8) is 0 Å². The molecule has 0 radical (unpaired) electrons. The predicted molar refractivity (Wildman–Crippen MR) is 105 cm³/mol. The third kappa shape index (κ3) is 2.45. The minimum absolute atomic E-state index is 0.0108. The normalized spacial score (nSPS) is 16.0. The fourth-order valence-corrected chi connectivity index (χ4v) is 4.23. The molecular formula is C19H11ClN4O3S. The summed E-state index contributed by atoms with van der Waals surface area (Å²) in [5.74, 6) is -0.459. The van der Waals surface area contributed by atoms with Gasteiger partial charge in [-0.05, 0) is 37.3 Å². The predicted octanol–water partition coefficient (Wildman–Crippen LogP) is 3.75. The van der Waals surface area contributed by atoms with Gasteiger partial charge in [0.2, 0.25) is 10.9 Å². The Labute approximate surface area is 167 Å². The molecule has 0 N–H and O–H groups in total. The second-order valence-electron chi connectivity index (χ2n) is 6.25. The monoisotopic (exact) mass is 410 g/mol. The molecule has 1 amide bonds. The Morgan fingerprint density at radius 1 is 1.18 bits per heavy atom. The van der Waals surface area contributed by atoms with E-state index in [4.69, 9.17) is 16.0 Å². The van der Waals surface area contributed by atoms with Gasteiger partial charge in [-0.15, -0.1) is 10.2 Å². The van der Waals surface area contributed by atoms with Crippen molar-refractivity contribution in [2.24, 2.45) is 0 Å². The number of aromatic nitrogens is 3. The van der Waals surface area contributed by atoms with Gasteiger partial charge in [0, 0.05) is 11.2 Å². The molecular weight excluding hydrogens is 400 g/mol. The van der Waals surface area contributed by atoms with E-state index in [1.807, 2.05) is 0 Å². The second kappa shape index (κ2) is 6.22. The SMILES string of the molecule is Cc1nnc(N2C(=O)c3oc4ccc(Cl)cc4c(=O)c3C2c2ccccn2)s1. The Morgan fingerprint density at radius 2 is 2.04 bits per heavy atom. The number of rotatable bonds is 2. The highest BCUT2D eigenvalue weighted by Crippen LogP contribution is 2.41. The van der Waals surface area contributed by atoms with E-state index in [-0.39, 0.29) is 16.8 Å². The summed E-state index contributed by atoms with van der Waals surface area (Å²) in [5.41, 5.74) is 0.755. The van der Waals surface area contributed by atoms with Crippen LogP contribution < -0.4 is 10.3 Å². The zero-order chi connectivity index (χ0) is 19.4. The van der Waals surface area contributed by atoms with Crippen molar-refractivity contribution in [1.29, 1.82) is 0 Å². The highest BCUT2D eigenvalue weighted by Gasteiger charge is 2.45. The molecule has 1 atom stereocenters. The Kier molecular flexibility index (Phi) is 3.78. The molecule has 0 saturated carbocycles. The first-order chi connectivity index (χ1) is 13.5. The van der Waals surface area contributed by atoms with Crippen LogP contribution in [-0.4, -0.2) is 21.1 Å². The number of amides is 1. The van der Waals surface area contributed by atoms with Crippen molar-refractivity contribution >= 4 is 44.9 Å². The Bertz CT molecular complexity index is 1300. The Hall–Kier alpha value is -3.10. The average molecular weight is 411 g/mol. The number of carbonyl (C=O) groups is 1. The molecule has 4 heterocycles. The van der Waals surface area contributed by atoms with Crippen LogP contribution in [0.3, 0.4) is 0 Å².